The van der Waals surface area contributed by atoms with Gasteiger partial charge in [0.1, 0.15) is 0 Å². The van der Waals surface area contributed by atoms with Crippen molar-refractivity contribution in [1.82, 2.24) is 30.2 Å². The number of piperidine rings is 2. The van der Waals surface area contributed by atoms with Gasteiger partial charge in [-0.2, -0.15) is 5.10 Å². The van der Waals surface area contributed by atoms with Crippen molar-refractivity contribution in [3.63, 3.8) is 0 Å². The number of fused-ring (bicyclic) bond motifs is 2. The van der Waals surface area contributed by atoms with Crippen LogP contribution >= 0.6 is 0 Å². The smallest absolute Gasteiger partial charge is 0.322 e. The fourth-order valence-corrected chi connectivity index (χ4v) is 6.49. The van der Waals surface area contributed by atoms with Gasteiger partial charge in [0.25, 0.3) is 0 Å². The molecule has 3 aliphatic heterocycles. The molecule has 0 aliphatic carbocycles. The lowest BCUT2D eigenvalue weighted by atomic mass is 10.00. The van der Waals surface area contributed by atoms with E-state index in [4.69, 9.17) is 0 Å². The predicted molar refractivity (Wildman–Crippen MR) is 157 cm³/mol. The van der Waals surface area contributed by atoms with Crippen LogP contribution in [-0.2, 0) is 22.7 Å². The number of carbonyl (C=O) groups excluding carboxylic acids is 3. The summed E-state index contributed by atoms with van der Waals surface area (Å²) in [6.45, 7) is 5.77. The molecule has 0 saturated carbocycles. The second kappa shape index (κ2) is 11.9. The van der Waals surface area contributed by atoms with Gasteiger partial charge in [-0.25, -0.2) is 4.79 Å². The highest BCUT2D eigenvalue weighted by atomic mass is 16.2. The number of likely N-dealkylation sites (tertiary alicyclic amines) is 2. The number of aromatic amines is 1. The average molecular weight is 558 g/mol. The highest BCUT2D eigenvalue weighted by Crippen LogP contribution is 2.28. The van der Waals surface area contributed by atoms with E-state index in [-0.39, 0.29) is 30.3 Å². The van der Waals surface area contributed by atoms with Gasteiger partial charge >= 0.3 is 6.03 Å². The molecule has 2 fully saturated rings. The van der Waals surface area contributed by atoms with E-state index < -0.39 is 6.04 Å². The number of hydrogen-bond acceptors (Lipinski definition) is 5. The summed E-state index contributed by atoms with van der Waals surface area (Å²) in [5.74, 6) is -0.00100. The summed E-state index contributed by atoms with van der Waals surface area (Å²) in [5, 5.41) is 14.6. The van der Waals surface area contributed by atoms with Crippen molar-refractivity contribution in [1.29, 1.82) is 0 Å². The van der Waals surface area contributed by atoms with Crippen LogP contribution in [0.4, 0.5) is 10.5 Å². The van der Waals surface area contributed by atoms with Crippen LogP contribution in [0.15, 0.2) is 42.6 Å². The molecule has 3 aromatic rings. The SMILES string of the molecule is Cc1cc(CNC(CC(=O)N2CCC(N3Cc4ccccc4NC3=O)CC2)C(=O)N2CCCCC2)cc2cn[nH]c12. The van der Waals surface area contributed by atoms with Crippen LogP contribution in [-0.4, -0.2) is 81.0 Å². The quantitative estimate of drug-likeness (QED) is 0.409. The number of anilines is 1. The molecular formula is C31H39N7O3. The van der Waals surface area contributed by atoms with Crippen LogP contribution in [0.5, 0.6) is 0 Å². The van der Waals surface area contributed by atoms with Gasteiger partial charge in [0.15, 0.2) is 0 Å². The van der Waals surface area contributed by atoms with Crippen molar-refractivity contribution in [2.45, 2.75) is 70.6 Å². The van der Waals surface area contributed by atoms with Crippen LogP contribution in [0.2, 0.25) is 0 Å². The number of urea groups is 1. The summed E-state index contributed by atoms with van der Waals surface area (Å²) in [6, 6.07) is 11.5. The van der Waals surface area contributed by atoms with Crippen molar-refractivity contribution in [3.05, 3.63) is 59.3 Å². The molecule has 0 bridgehead atoms. The van der Waals surface area contributed by atoms with Gasteiger partial charge < -0.3 is 25.3 Å². The number of benzene rings is 2. The van der Waals surface area contributed by atoms with Gasteiger partial charge in [-0.05, 0) is 67.9 Å². The van der Waals surface area contributed by atoms with Gasteiger partial charge in [0.2, 0.25) is 11.8 Å². The zero-order valence-corrected chi connectivity index (χ0v) is 23.7. The van der Waals surface area contributed by atoms with Crippen LogP contribution in [0.25, 0.3) is 10.9 Å². The average Bonchev–Trinajstić information content (AvgIpc) is 3.48. The molecule has 1 unspecified atom stereocenters. The molecule has 0 spiro atoms. The number of carbonyl (C=O) groups is 3. The number of amides is 4. The Morgan fingerprint density at radius 1 is 1.05 bits per heavy atom. The maximum absolute atomic E-state index is 13.6. The maximum atomic E-state index is 13.6. The topological polar surface area (TPSA) is 114 Å². The van der Waals surface area contributed by atoms with Gasteiger partial charge in [0.05, 0.1) is 24.2 Å². The summed E-state index contributed by atoms with van der Waals surface area (Å²) in [5.41, 5.74) is 5.15. The van der Waals surface area contributed by atoms with Crippen LogP contribution < -0.4 is 10.6 Å². The minimum atomic E-state index is -0.581. The van der Waals surface area contributed by atoms with E-state index in [1.807, 2.05) is 52.1 Å². The van der Waals surface area contributed by atoms with Gasteiger partial charge in [-0.15, -0.1) is 0 Å². The van der Waals surface area contributed by atoms with E-state index in [0.717, 1.165) is 78.5 Å². The first kappa shape index (κ1) is 27.3. The molecule has 41 heavy (non-hydrogen) atoms. The number of hydrogen-bond donors (Lipinski definition) is 3. The largest absolute Gasteiger partial charge is 0.342 e. The van der Waals surface area contributed by atoms with Gasteiger partial charge in [0, 0.05) is 56.4 Å². The summed E-state index contributed by atoms with van der Waals surface area (Å²) < 4.78 is 0. The monoisotopic (exact) mass is 557 g/mol. The number of aromatic nitrogens is 2. The third-order valence-electron chi connectivity index (χ3n) is 8.82. The van der Waals surface area contributed by atoms with E-state index in [1.165, 1.54) is 0 Å². The lowest BCUT2D eigenvalue weighted by Crippen LogP contribution is -2.53. The summed E-state index contributed by atoms with van der Waals surface area (Å²) in [7, 11) is 0. The van der Waals surface area contributed by atoms with Crippen molar-refractivity contribution in [3.8, 4) is 0 Å². The lowest BCUT2D eigenvalue weighted by Gasteiger charge is -2.41. The molecule has 10 heteroatoms. The molecule has 2 saturated heterocycles. The molecule has 0 radical (unpaired) electrons. The van der Waals surface area contributed by atoms with E-state index in [1.54, 1.807) is 0 Å². The summed E-state index contributed by atoms with van der Waals surface area (Å²) in [4.78, 5) is 45.6. The molecule has 6 rings (SSSR count). The molecule has 4 heterocycles. The second-order valence-corrected chi connectivity index (χ2v) is 11.6. The van der Waals surface area contributed by atoms with Crippen LogP contribution in [0.1, 0.15) is 55.2 Å². The third kappa shape index (κ3) is 5.93. The highest BCUT2D eigenvalue weighted by molar-refractivity contribution is 5.92. The fraction of sp³-hybridized carbons (Fsp3) is 0.484. The van der Waals surface area contributed by atoms with E-state index in [9.17, 15) is 14.4 Å². The van der Waals surface area contributed by atoms with Crippen molar-refractivity contribution in [2.24, 2.45) is 0 Å². The minimum absolute atomic E-state index is 0.0118. The molecule has 3 N–H and O–H groups in total. The Kier molecular flexibility index (Phi) is 7.91. The Morgan fingerprint density at radius 2 is 1.83 bits per heavy atom. The summed E-state index contributed by atoms with van der Waals surface area (Å²) >= 11 is 0. The lowest BCUT2D eigenvalue weighted by molar-refractivity contribution is -0.140. The molecule has 1 atom stereocenters. The number of rotatable bonds is 7. The van der Waals surface area contributed by atoms with Crippen molar-refractivity contribution >= 4 is 34.4 Å². The fourth-order valence-electron chi connectivity index (χ4n) is 6.49. The van der Waals surface area contributed by atoms with Gasteiger partial charge in [-0.1, -0.05) is 24.3 Å². The third-order valence-corrected chi connectivity index (χ3v) is 8.82. The van der Waals surface area contributed by atoms with Crippen molar-refractivity contribution in [2.75, 3.05) is 31.5 Å². The van der Waals surface area contributed by atoms with E-state index >= 15 is 0 Å². The number of nitrogens with one attached hydrogen (secondary N) is 3. The molecule has 1 aromatic heterocycles. The van der Waals surface area contributed by atoms with Crippen LogP contribution in [0, 0.1) is 6.92 Å². The second-order valence-electron chi connectivity index (χ2n) is 11.6. The molecule has 3 aliphatic rings. The number of aryl methyl sites for hydroxylation is 1. The standard InChI is InChI=1S/C31H39N7O3/c1-21-15-22(16-24-19-33-35-29(21)24)18-32-27(30(40)37-11-5-2-6-12-37)17-28(39)36-13-9-25(10-14-36)38-20-23-7-3-4-8-26(23)34-31(38)41/h3-4,7-8,15-16,19,25,27,32H,2,5-6,9-14,17-18,20H2,1H3,(H,33,35)(H,34,41). The van der Waals surface area contributed by atoms with Crippen molar-refractivity contribution < 1.29 is 14.4 Å². The molecule has 216 valence electrons. The molecule has 10 nitrogen and oxygen atoms in total. The predicted octanol–water partition coefficient (Wildman–Crippen LogP) is 3.77. The van der Waals surface area contributed by atoms with Crippen LogP contribution in [0.3, 0.4) is 0 Å². The molecule has 2 aromatic carbocycles. The molecule has 4 amide bonds. The zero-order valence-electron chi connectivity index (χ0n) is 23.7. The Balaban J connectivity index is 1.09. The first-order chi connectivity index (χ1) is 20.0. The highest BCUT2D eigenvalue weighted by Gasteiger charge is 2.34. The minimum Gasteiger partial charge on any atom is -0.342 e. The zero-order chi connectivity index (χ0) is 28.3. The number of para-hydroxylation sites is 1. The van der Waals surface area contributed by atoms with E-state index in [2.05, 4.69) is 33.0 Å². The normalized spacial score (nSPS) is 18.8. The van der Waals surface area contributed by atoms with Gasteiger partial charge in [-0.3, -0.25) is 14.7 Å². The Morgan fingerprint density at radius 3 is 2.63 bits per heavy atom. The Labute approximate surface area is 240 Å². The molecular weight excluding hydrogens is 518 g/mol. The maximum Gasteiger partial charge on any atom is 0.322 e. The number of nitrogens with zero attached hydrogens (tertiary/aromatic N) is 4. The van der Waals surface area contributed by atoms with E-state index in [0.29, 0.717) is 26.2 Å². The Hall–Kier alpha value is -3.92. The summed E-state index contributed by atoms with van der Waals surface area (Å²) in [6.07, 6.45) is 6.54. The first-order valence-corrected chi connectivity index (χ1v) is 14.8. The first-order valence-electron chi connectivity index (χ1n) is 14.8. The Bertz CT molecular complexity index is 1420. The number of H-pyrrole nitrogens is 1.